The molecular formula is C32H30N6O3. The summed E-state index contributed by atoms with van der Waals surface area (Å²) >= 11 is 0. The number of anilines is 2. The normalized spacial score (nSPS) is 11.5. The number of benzene rings is 3. The van der Waals surface area contributed by atoms with Gasteiger partial charge in [0.2, 0.25) is 11.8 Å². The van der Waals surface area contributed by atoms with Crippen molar-refractivity contribution in [2.75, 3.05) is 11.1 Å². The Bertz CT molecular complexity index is 1660. The molecule has 0 unspecified atom stereocenters. The highest BCUT2D eigenvalue weighted by molar-refractivity contribution is 6.05. The van der Waals surface area contributed by atoms with Gasteiger partial charge in [0.15, 0.2) is 0 Å². The number of fused-ring (bicyclic) bond motifs is 1. The Balaban J connectivity index is 1.24. The Morgan fingerprint density at radius 3 is 2.44 bits per heavy atom. The van der Waals surface area contributed by atoms with Gasteiger partial charge in [-0.3, -0.25) is 19.4 Å². The Hall–Kier alpha value is -5.44. The molecule has 0 bridgehead atoms. The van der Waals surface area contributed by atoms with E-state index in [0.29, 0.717) is 23.4 Å². The molecule has 0 aliphatic heterocycles. The van der Waals surface area contributed by atoms with Crippen molar-refractivity contribution in [1.29, 1.82) is 0 Å². The van der Waals surface area contributed by atoms with E-state index in [2.05, 4.69) is 25.9 Å². The minimum absolute atomic E-state index is 0.115. The van der Waals surface area contributed by atoms with Crippen molar-refractivity contribution in [2.24, 2.45) is 0 Å². The lowest BCUT2D eigenvalue weighted by molar-refractivity contribution is -0.128. The van der Waals surface area contributed by atoms with E-state index >= 15 is 0 Å². The predicted octanol–water partition coefficient (Wildman–Crippen LogP) is 3.98. The van der Waals surface area contributed by atoms with Gasteiger partial charge in [0.05, 0.1) is 17.8 Å². The fourth-order valence-corrected chi connectivity index (χ4v) is 4.55. The summed E-state index contributed by atoms with van der Waals surface area (Å²) in [6.45, 7) is 0.231. The first-order valence-corrected chi connectivity index (χ1v) is 13.2. The summed E-state index contributed by atoms with van der Waals surface area (Å²) in [5.74, 6) is -0.864. The number of carbonyl (C=O) groups is 3. The summed E-state index contributed by atoms with van der Waals surface area (Å²) in [6.07, 6.45) is 5.57. The van der Waals surface area contributed by atoms with Crippen molar-refractivity contribution in [3.8, 4) is 0 Å². The maximum Gasteiger partial charge on any atom is 0.255 e. The minimum Gasteiger partial charge on any atom is -0.397 e. The number of aromatic amines is 1. The quantitative estimate of drug-likeness (QED) is 0.168. The van der Waals surface area contributed by atoms with Gasteiger partial charge in [-0.25, -0.2) is 0 Å². The van der Waals surface area contributed by atoms with Gasteiger partial charge in [-0.1, -0.05) is 48.5 Å². The summed E-state index contributed by atoms with van der Waals surface area (Å²) in [4.78, 5) is 46.1. The highest BCUT2D eigenvalue weighted by Crippen LogP contribution is 2.20. The van der Waals surface area contributed by atoms with Crippen molar-refractivity contribution < 1.29 is 14.4 Å². The Morgan fingerprint density at radius 2 is 1.66 bits per heavy atom. The molecule has 3 amide bonds. The van der Waals surface area contributed by atoms with Crippen LogP contribution in [-0.4, -0.2) is 33.7 Å². The van der Waals surface area contributed by atoms with E-state index in [9.17, 15) is 14.4 Å². The van der Waals surface area contributed by atoms with Crippen molar-refractivity contribution in [3.05, 3.63) is 126 Å². The number of nitrogen functional groups attached to an aromatic ring is 1. The lowest BCUT2D eigenvalue weighted by atomic mass is 10.0. The van der Waals surface area contributed by atoms with E-state index in [1.807, 2.05) is 36.5 Å². The summed E-state index contributed by atoms with van der Waals surface area (Å²) in [7, 11) is 0. The van der Waals surface area contributed by atoms with Crippen LogP contribution < -0.4 is 21.7 Å². The monoisotopic (exact) mass is 546 g/mol. The zero-order valence-electron chi connectivity index (χ0n) is 22.3. The van der Waals surface area contributed by atoms with Crippen LogP contribution in [0, 0.1) is 0 Å². The molecule has 9 heteroatoms. The topological polar surface area (TPSA) is 142 Å². The van der Waals surface area contributed by atoms with Crippen molar-refractivity contribution >= 4 is 40.0 Å². The van der Waals surface area contributed by atoms with Gasteiger partial charge in [0.25, 0.3) is 5.91 Å². The van der Waals surface area contributed by atoms with Gasteiger partial charge >= 0.3 is 0 Å². The number of hydrogen-bond donors (Lipinski definition) is 5. The maximum absolute atomic E-state index is 13.4. The maximum atomic E-state index is 13.4. The third-order valence-electron chi connectivity index (χ3n) is 6.73. The fraction of sp³-hybridized carbons (Fsp3) is 0.125. The minimum atomic E-state index is -0.792. The Morgan fingerprint density at radius 1 is 0.878 bits per heavy atom. The first-order chi connectivity index (χ1) is 20.0. The number of H-pyrrole nitrogens is 1. The Kier molecular flexibility index (Phi) is 8.35. The van der Waals surface area contributed by atoms with Gasteiger partial charge in [0, 0.05) is 48.0 Å². The zero-order valence-corrected chi connectivity index (χ0v) is 22.3. The lowest BCUT2D eigenvalue weighted by Crippen LogP contribution is -2.48. The van der Waals surface area contributed by atoms with E-state index in [0.717, 1.165) is 27.6 Å². The van der Waals surface area contributed by atoms with Crippen LogP contribution >= 0.6 is 0 Å². The number of amides is 3. The van der Waals surface area contributed by atoms with Gasteiger partial charge < -0.3 is 26.7 Å². The molecule has 0 radical (unpaired) electrons. The van der Waals surface area contributed by atoms with Crippen LogP contribution in [0.2, 0.25) is 0 Å². The standard InChI is InChI=1S/C32H30N6O3/c33-26-8-2-4-10-28(26)38-31(40)23-13-11-21(12-14-23)19-36-32(41)29(37-30(39)16-22-6-5-15-34-18-22)17-24-20-35-27-9-3-1-7-25(24)27/h1-15,18,20,29,35H,16-17,19,33H2,(H,36,41)(H,37,39)(H,38,40)/t29-/m0/s1. The van der Waals surface area contributed by atoms with Crippen molar-refractivity contribution in [2.45, 2.75) is 25.4 Å². The number of carbonyl (C=O) groups excluding carboxylic acids is 3. The van der Waals surface area contributed by atoms with Crippen LogP contribution in [0.15, 0.2) is 104 Å². The van der Waals surface area contributed by atoms with Crippen LogP contribution in [0.3, 0.4) is 0 Å². The third-order valence-corrected chi connectivity index (χ3v) is 6.73. The molecule has 5 aromatic rings. The number of nitrogens with one attached hydrogen (secondary N) is 4. The van der Waals surface area contributed by atoms with Crippen LogP contribution in [-0.2, 0) is 29.0 Å². The number of aromatic nitrogens is 2. The van der Waals surface area contributed by atoms with E-state index in [4.69, 9.17) is 5.73 Å². The second kappa shape index (κ2) is 12.6. The summed E-state index contributed by atoms with van der Waals surface area (Å²) in [5.41, 5.74) is 10.9. The molecule has 0 saturated heterocycles. The second-order valence-electron chi connectivity index (χ2n) is 9.68. The van der Waals surface area contributed by atoms with Gasteiger partial charge in [-0.2, -0.15) is 0 Å². The molecule has 0 spiro atoms. The predicted molar refractivity (Wildman–Crippen MR) is 159 cm³/mol. The molecule has 0 aliphatic carbocycles. The number of pyridine rings is 1. The zero-order chi connectivity index (χ0) is 28.6. The molecule has 2 heterocycles. The smallest absolute Gasteiger partial charge is 0.255 e. The molecule has 2 aromatic heterocycles. The molecular weight excluding hydrogens is 516 g/mol. The highest BCUT2D eigenvalue weighted by atomic mass is 16.2. The third kappa shape index (κ3) is 6.96. The molecule has 1 atom stereocenters. The molecule has 0 fully saturated rings. The average Bonchev–Trinajstić information content (AvgIpc) is 3.40. The number of nitrogens with zero attached hydrogens (tertiary/aromatic N) is 1. The number of para-hydroxylation sites is 3. The number of nitrogens with two attached hydrogens (primary N) is 1. The molecule has 5 rings (SSSR count). The van der Waals surface area contributed by atoms with Crippen LogP contribution in [0.25, 0.3) is 10.9 Å². The van der Waals surface area contributed by atoms with Crippen LogP contribution in [0.1, 0.15) is 27.0 Å². The van der Waals surface area contributed by atoms with Crippen LogP contribution in [0.5, 0.6) is 0 Å². The second-order valence-corrected chi connectivity index (χ2v) is 9.68. The molecule has 206 valence electrons. The van der Waals surface area contributed by atoms with Crippen molar-refractivity contribution in [3.63, 3.8) is 0 Å². The van der Waals surface area contributed by atoms with Crippen molar-refractivity contribution in [1.82, 2.24) is 20.6 Å². The van der Waals surface area contributed by atoms with E-state index < -0.39 is 6.04 Å². The fourth-order valence-electron chi connectivity index (χ4n) is 4.55. The summed E-state index contributed by atoms with van der Waals surface area (Å²) in [6, 6.07) is 24.6. The first kappa shape index (κ1) is 27.1. The molecule has 6 N–H and O–H groups in total. The first-order valence-electron chi connectivity index (χ1n) is 13.2. The largest absolute Gasteiger partial charge is 0.397 e. The van der Waals surface area contributed by atoms with Gasteiger partial charge in [-0.15, -0.1) is 0 Å². The number of hydrogen-bond acceptors (Lipinski definition) is 5. The summed E-state index contributed by atoms with van der Waals surface area (Å²) in [5, 5.41) is 9.63. The lowest BCUT2D eigenvalue weighted by Gasteiger charge is -2.19. The average molecular weight is 547 g/mol. The molecule has 3 aromatic carbocycles. The molecule has 41 heavy (non-hydrogen) atoms. The van der Waals surface area contributed by atoms with E-state index in [-0.39, 0.29) is 30.7 Å². The molecule has 9 nitrogen and oxygen atoms in total. The highest BCUT2D eigenvalue weighted by Gasteiger charge is 2.23. The summed E-state index contributed by atoms with van der Waals surface area (Å²) < 4.78 is 0. The molecule has 0 aliphatic rings. The van der Waals surface area contributed by atoms with E-state index in [1.165, 1.54) is 0 Å². The number of rotatable bonds is 10. The van der Waals surface area contributed by atoms with Gasteiger partial charge in [-0.05, 0) is 53.1 Å². The van der Waals surface area contributed by atoms with Gasteiger partial charge in [0.1, 0.15) is 6.04 Å². The Labute approximate surface area is 237 Å². The van der Waals surface area contributed by atoms with Crippen LogP contribution in [0.4, 0.5) is 11.4 Å². The SMILES string of the molecule is Nc1ccccc1NC(=O)c1ccc(CNC(=O)[C@H](Cc2c[nH]c3ccccc23)NC(=O)Cc2cccnc2)cc1. The molecule has 0 saturated carbocycles. The van der Waals surface area contributed by atoms with E-state index in [1.54, 1.807) is 67.0 Å².